The third-order valence-electron chi connectivity index (χ3n) is 4.82. The Morgan fingerprint density at radius 3 is 1.86 bits per heavy atom. The number of ether oxygens (including phenoxy) is 1. The lowest BCUT2D eigenvalue weighted by atomic mass is 10.0. The molecule has 0 spiro atoms. The van der Waals surface area contributed by atoms with Gasteiger partial charge in [-0.15, -0.1) is 0 Å². The minimum Gasteiger partial charge on any atom is -0.497 e. The number of aldehydes is 1. The maximum absolute atomic E-state index is 12.3. The molecule has 0 saturated carbocycles. The van der Waals surface area contributed by atoms with Crippen molar-refractivity contribution >= 4 is 29.1 Å². The zero-order valence-corrected chi connectivity index (χ0v) is 16.8. The zero-order valence-electron chi connectivity index (χ0n) is 16.8. The van der Waals surface area contributed by atoms with E-state index in [1.807, 2.05) is 60.7 Å². The highest BCUT2D eigenvalue weighted by molar-refractivity contribution is 5.96. The largest absolute Gasteiger partial charge is 0.497 e. The predicted octanol–water partition coefficient (Wildman–Crippen LogP) is 6.35. The average Bonchev–Trinajstić information content (AvgIpc) is 2.79. The first kappa shape index (κ1) is 20.3. The standard InChI is InChI=1S/C25H25NO3/c1-3-4-5-25(28)20-8-12-22(13-9-20)26(21-10-6-19(18-27)7-11-21)23-14-16-24(29-2)17-15-23/h6-18H,3-5H2,1-2H3. The van der Waals surface area contributed by atoms with Crippen LogP contribution in [0.3, 0.4) is 0 Å². The normalized spacial score (nSPS) is 10.4. The Morgan fingerprint density at radius 2 is 1.38 bits per heavy atom. The molecule has 0 unspecified atom stereocenters. The second-order valence-electron chi connectivity index (χ2n) is 6.82. The molecule has 29 heavy (non-hydrogen) atoms. The molecule has 0 aliphatic heterocycles. The first-order valence-corrected chi connectivity index (χ1v) is 9.79. The van der Waals surface area contributed by atoms with Crippen LogP contribution in [0.5, 0.6) is 5.75 Å². The second kappa shape index (κ2) is 9.69. The van der Waals surface area contributed by atoms with Gasteiger partial charge in [-0.1, -0.05) is 13.3 Å². The molecule has 0 saturated heterocycles. The number of unbranched alkanes of at least 4 members (excludes halogenated alkanes) is 1. The molecule has 3 aromatic carbocycles. The van der Waals surface area contributed by atoms with Gasteiger partial charge in [-0.25, -0.2) is 0 Å². The maximum atomic E-state index is 12.3. The monoisotopic (exact) mass is 387 g/mol. The van der Waals surface area contributed by atoms with Crippen LogP contribution in [0.15, 0.2) is 72.8 Å². The Labute approximate surface area is 171 Å². The topological polar surface area (TPSA) is 46.6 Å². The van der Waals surface area contributed by atoms with Gasteiger partial charge in [0, 0.05) is 34.6 Å². The number of nitrogens with zero attached hydrogens (tertiary/aromatic N) is 1. The smallest absolute Gasteiger partial charge is 0.162 e. The van der Waals surface area contributed by atoms with Crippen molar-refractivity contribution in [1.82, 2.24) is 0 Å². The van der Waals surface area contributed by atoms with Crippen LogP contribution < -0.4 is 9.64 Å². The summed E-state index contributed by atoms with van der Waals surface area (Å²) in [6, 6.07) is 22.8. The van der Waals surface area contributed by atoms with E-state index in [4.69, 9.17) is 4.74 Å². The fraction of sp³-hybridized carbons (Fsp3) is 0.200. The van der Waals surface area contributed by atoms with Crippen LogP contribution in [0.2, 0.25) is 0 Å². The first-order chi connectivity index (χ1) is 14.2. The van der Waals surface area contributed by atoms with Gasteiger partial charge in [-0.3, -0.25) is 9.59 Å². The molecule has 0 aliphatic rings. The zero-order chi connectivity index (χ0) is 20.6. The summed E-state index contributed by atoms with van der Waals surface area (Å²) in [7, 11) is 1.64. The van der Waals surface area contributed by atoms with E-state index in [-0.39, 0.29) is 5.78 Å². The first-order valence-electron chi connectivity index (χ1n) is 9.79. The Bertz CT molecular complexity index is 945. The molecule has 0 fully saturated rings. The van der Waals surface area contributed by atoms with Crippen LogP contribution in [0, 0.1) is 0 Å². The van der Waals surface area contributed by atoms with Gasteiger partial charge in [0.1, 0.15) is 12.0 Å². The summed E-state index contributed by atoms with van der Waals surface area (Å²) < 4.78 is 5.27. The van der Waals surface area contributed by atoms with Crippen LogP contribution >= 0.6 is 0 Å². The molecule has 0 heterocycles. The Morgan fingerprint density at radius 1 is 0.862 bits per heavy atom. The van der Waals surface area contributed by atoms with Crippen molar-refractivity contribution in [2.45, 2.75) is 26.2 Å². The molecule has 3 aromatic rings. The number of Topliss-reactive ketones (excluding diaryl/α,β-unsaturated/α-hetero) is 1. The molecule has 148 valence electrons. The summed E-state index contributed by atoms with van der Waals surface area (Å²) in [5.41, 5.74) is 4.16. The van der Waals surface area contributed by atoms with E-state index in [2.05, 4.69) is 11.8 Å². The van der Waals surface area contributed by atoms with Crippen molar-refractivity contribution in [3.8, 4) is 5.75 Å². The van der Waals surface area contributed by atoms with Crippen molar-refractivity contribution in [1.29, 1.82) is 0 Å². The van der Waals surface area contributed by atoms with Gasteiger partial charge in [0.05, 0.1) is 7.11 Å². The Kier molecular flexibility index (Phi) is 6.80. The molecule has 0 radical (unpaired) electrons. The molecular formula is C25H25NO3. The summed E-state index contributed by atoms with van der Waals surface area (Å²) >= 11 is 0. The van der Waals surface area contributed by atoms with Gasteiger partial charge in [-0.05, 0) is 79.2 Å². The minimum absolute atomic E-state index is 0.171. The summed E-state index contributed by atoms with van der Waals surface area (Å²) in [6.45, 7) is 2.08. The van der Waals surface area contributed by atoms with E-state index in [0.29, 0.717) is 12.0 Å². The highest BCUT2D eigenvalue weighted by Crippen LogP contribution is 2.35. The summed E-state index contributed by atoms with van der Waals surface area (Å²) in [5.74, 6) is 0.951. The quantitative estimate of drug-likeness (QED) is 0.317. The van der Waals surface area contributed by atoms with Crippen LogP contribution in [0.4, 0.5) is 17.1 Å². The third kappa shape index (κ3) is 4.91. The predicted molar refractivity (Wildman–Crippen MR) is 117 cm³/mol. The molecule has 0 aliphatic carbocycles. The lowest BCUT2D eigenvalue weighted by Gasteiger charge is -2.26. The third-order valence-corrected chi connectivity index (χ3v) is 4.82. The van der Waals surface area contributed by atoms with Crippen LogP contribution in [0.25, 0.3) is 0 Å². The van der Waals surface area contributed by atoms with Gasteiger partial charge < -0.3 is 9.64 Å². The van der Waals surface area contributed by atoms with Crippen LogP contribution in [0.1, 0.15) is 46.9 Å². The number of benzene rings is 3. The highest BCUT2D eigenvalue weighted by atomic mass is 16.5. The van der Waals surface area contributed by atoms with Crippen molar-refractivity contribution in [3.05, 3.63) is 83.9 Å². The number of hydrogen-bond acceptors (Lipinski definition) is 4. The summed E-state index contributed by atoms with van der Waals surface area (Å²) in [4.78, 5) is 25.4. The number of hydrogen-bond donors (Lipinski definition) is 0. The summed E-state index contributed by atoms with van der Waals surface area (Å²) in [5, 5.41) is 0. The molecule has 0 N–H and O–H groups in total. The van der Waals surface area contributed by atoms with E-state index < -0.39 is 0 Å². The molecule has 4 heteroatoms. The fourth-order valence-corrected chi connectivity index (χ4v) is 3.16. The van der Waals surface area contributed by atoms with Gasteiger partial charge in [0.25, 0.3) is 0 Å². The minimum atomic E-state index is 0.171. The van der Waals surface area contributed by atoms with Crippen LogP contribution in [-0.4, -0.2) is 19.2 Å². The van der Waals surface area contributed by atoms with Gasteiger partial charge in [-0.2, -0.15) is 0 Å². The second-order valence-corrected chi connectivity index (χ2v) is 6.82. The van der Waals surface area contributed by atoms with Crippen molar-refractivity contribution in [2.24, 2.45) is 0 Å². The van der Waals surface area contributed by atoms with E-state index >= 15 is 0 Å². The lowest BCUT2D eigenvalue weighted by molar-refractivity contribution is 0.0979. The molecule has 3 rings (SSSR count). The lowest BCUT2D eigenvalue weighted by Crippen LogP contribution is -2.10. The highest BCUT2D eigenvalue weighted by Gasteiger charge is 2.14. The number of rotatable bonds is 9. The average molecular weight is 387 g/mol. The van der Waals surface area contributed by atoms with Gasteiger partial charge >= 0.3 is 0 Å². The molecule has 4 nitrogen and oxygen atoms in total. The molecule has 0 amide bonds. The van der Waals surface area contributed by atoms with Gasteiger partial charge in [0.2, 0.25) is 0 Å². The molecule has 0 bridgehead atoms. The number of ketones is 1. The Hall–Kier alpha value is -3.40. The molecular weight excluding hydrogens is 362 g/mol. The molecule has 0 aromatic heterocycles. The summed E-state index contributed by atoms with van der Waals surface area (Å²) in [6.07, 6.45) is 3.32. The Balaban J connectivity index is 1.97. The maximum Gasteiger partial charge on any atom is 0.162 e. The number of methoxy groups -OCH3 is 1. The van der Waals surface area contributed by atoms with Gasteiger partial charge in [0.15, 0.2) is 5.78 Å². The van der Waals surface area contributed by atoms with E-state index in [1.165, 1.54) is 0 Å². The fourth-order valence-electron chi connectivity index (χ4n) is 3.16. The van der Waals surface area contributed by atoms with Crippen molar-refractivity contribution < 1.29 is 14.3 Å². The van der Waals surface area contributed by atoms with E-state index in [9.17, 15) is 9.59 Å². The number of carbonyl (C=O) groups is 2. The number of anilines is 3. The van der Waals surface area contributed by atoms with E-state index in [0.717, 1.165) is 47.5 Å². The van der Waals surface area contributed by atoms with Crippen molar-refractivity contribution in [2.75, 3.05) is 12.0 Å². The van der Waals surface area contributed by atoms with Crippen molar-refractivity contribution in [3.63, 3.8) is 0 Å². The SMILES string of the molecule is CCCCC(=O)c1ccc(N(c2ccc(C=O)cc2)c2ccc(OC)cc2)cc1. The van der Waals surface area contributed by atoms with E-state index in [1.54, 1.807) is 19.2 Å². The van der Waals surface area contributed by atoms with Crippen LogP contribution in [-0.2, 0) is 0 Å². The molecule has 0 atom stereocenters. The number of carbonyl (C=O) groups excluding carboxylic acids is 2.